The van der Waals surface area contributed by atoms with Crippen molar-refractivity contribution in [1.82, 2.24) is 0 Å². The third-order valence-electron chi connectivity index (χ3n) is 4.70. The zero-order chi connectivity index (χ0) is 16.0. The number of methoxy groups -OCH3 is 1. The van der Waals surface area contributed by atoms with Gasteiger partial charge >= 0.3 is 0 Å². The molecule has 4 heteroatoms. The van der Waals surface area contributed by atoms with Crippen LogP contribution >= 0.6 is 0 Å². The highest BCUT2D eigenvalue weighted by Gasteiger charge is 2.65. The molecule has 0 amide bonds. The van der Waals surface area contributed by atoms with E-state index in [9.17, 15) is 10.2 Å². The summed E-state index contributed by atoms with van der Waals surface area (Å²) in [5.41, 5.74) is -2.08. The SMILES string of the molecule is COC1(c2ccccc2)Oc2ccccc2C(C)(O)C1(C)O. The molecule has 4 nitrogen and oxygen atoms in total. The lowest BCUT2D eigenvalue weighted by molar-refractivity contribution is -0.339. The summed E-state index contributed by atoms with van der Waals surface area (Å²) in [6, 6.07) is 16.3. The molecule has 1 heterocycles. The number of rotatable bonds is 2. The highest BCUT2D eigenvalue weighted by molar-refractivity contribution is 5.45. The van der Waals surface area contributed by atoms with Crippen molar-refractivity contribution in [3.05, 3.63) is 65.7 Å². The minimum atomic E-state index is -1.70. The first-order valence-electron chi connectivity index (χ1n) is 7.21. The van der Waals surface area contributed by atoms with Crippen molar-refractivity contribution in [2.45, 2.75) is 30.8 Å². The molecule has 2 N–H and O–H groups in total. The zero-order valence-corrected chi connectivity index (χ0v) is 12.9. The Morgan fingerprint density at radius 2 is 1.50 bits per heavy atom. The fourth-order valence-corrected chi connectivity index (χ4v) is 3.15. The van der Waals surface area contributed by atoms with Gasteiger partial charge in [0.05, 0.1) is 0 Å². The monoisotopic (exact) mass is 300 g/mol. The fourth-order valence-electron chi connectivity index (χ4n) is 3.15. The minimum absolute atomic E-state index is 0.490. The van der Waals surface area contributed by atoms with E-state index >= 15 is 0 Å². The Kier molecular flexibility index (Phi) is 3.29. The van der Waals surface area contributed by atoms with Crippen molar-refractivity contribution in [1.29, 1.82) is 0 Å². The normalized spacial score (nSPS) is 33.9. The first kappa shape index (κ1) is 15.0. The first-order valence-corrected chi connectivity index (χ1v) is 7.21. The molecule has 22 heavy (non-hydrogen) atoms. The molecule has 0 fully saturated rings. The molecule has 0 saturated heterocycles. The first-order chi connectivity index (χ1) is 10.4. The summed E-state index contributed by atoms with van der Waals surface area (Å²) < 4.78 is 11.7. The van der Waals surface area contributed by atoms with Crippen molar-refractivity contribution in [3.8, 4) is 5.75 Å². The van der Waals surface area contributed by atoms with Crippen LogP contribution in [0.15, 0.2) is 54.6 Å². The Labute approximate surface area is 129 Å². The van der Waals surface area contributed by atoms with Gasteiger partial charge in [-0.25, -0.2) is 0 Å². The molecule has 0 saturated carbocycles. The van der Waals surface area contributed by atoms with E-state index in [0.29, 0.717) is 16.9 Å². The van der Waals surface area contributed by atoms with Crippen LogP contribution in [0.25, 0.3) is 0 Å². The van der Waals surface area contributed by atoms with E-state index in [1.165, 1.54) is 14.0 Å². The molecule has 0 radical (unpaired) electrons. The Morgan fingerprint density at radius 3 is 2.14 bits per heavy atom. The number of para-hydroxylation sites is 1. The zero-order valence-electron chi connectivity index (χ0n) is 12.9. The molecule has 0 aliphatic carbocycles. The quantitative estimate of drug-likeness (QED) is 0.895. The molecular formula is C18H20O4. The van der Waals surface area contributed by atoms with Crippen LogP contribution in [0.3, 0.4) is 0 Å². The summed E-state index contributed by atoms with van der Waals surface area (Å²) >= 11 is 0. The highest BCUT2D eigenvalue weighted by Crippen LogP contribution is 2.54. The van der Waals surface area contributed by atoms with Gasteiger partial charge in [-0.15, -0.1) is 0 Å². The molecule has 1 aliphatic rings. The third-order valence-corrected chi connectivity index (χ3v) is 4.70. The van der Waals surface area contributed by atoms with Crippen molar-refractivity contribution in [3.63, 3.8) is 0 Å². The Hall–Kier alpha value is -1.88. The molecule has 3 unspecified atom stereocenters. The molecule has 3 atom stereocenters. The fraction of sp³-hybridized carbons (Fsp3) is 0.333. The van der Waals surface area contributed by atoms with Crippen LogP contribution in [0.2, 0.25) is 0 Å². The Balaban J connectivity index is 2.29. The van der Waals surface area contributed by atoms with Gasteiger partial charge in [0.15, 0.2) is 5.60 Å². The lowest BCUT2D eigenvalue weighted by Gasteiger charge is -2.54. The predicted octanol–water partition coefficient (Wildman–Crippen LogP) is 2.54. The average Bonchev–Trinajstić information content (AvgIpc) is 2.52. The third kappa shape index (κ3) is 1.75. The topological polar surface area (TPSA) is 58.9 Å². The van der Waals surface area contributed by atoms with Gasteiger partial charge in [-0.3, -0.25) is 0 Å². The number of aliphatic hydroxyl groups is 2. The minimum Gasteiger partial charge on any atom is -0.454 e. The molecule has 116 valence electrons. The van der Waals surface area contributed by atoms with Gasteiger partial charge in [0.1, 0.15) is 11.4 Å². The summed E-state index contributed by atoms with van der Waals surface area (Å²) in [6.45, 7) is 3.10. The molecule has 2 aromatic rings. The van der Waals surface area contributed by atoms with Gasteiger partial charge in [0.2, 0.25) is 0 Å². The Bertz CT molecular complexity index is 678. The maximum absolute atomic E-state index is 11.2. The van der Waals surface area contributed by atoms with Crippen LogP contribution in [0.1, 0.15) is 25.0 Å². The maximum Gasteiger partial charge on any atom is 0.269 e. The molecule has 0 spiro atoms. The van der Waals surface area contributed by atoms with E-state index in [1.807, 2.05) is 36.4 Å². The van der Waals surface area contributed by atoms with E-state index < -0.39 is 17.0 Å². The maximum atomic E-state index is 11.2. The lowest BCUT2D eigenvalue weighted by atomic mass is 9.70. The van der Waals surface area contributed by atoms with Gasteiger partial charge in [0.25, 0.3) is 5.79 Å². The summed E-state index contributed by atoms with van der Waals surface area (Å²) in [7, 11) is 1.46. The number of hydrogen-bond donors (Lipinski definition) is 2. The number of fused-ring (bicyclic) bond motifs is 1. The summed E-state index contributed by atoms with van der Waals surface area (Å²) in [5, 5.41) is 22.3. The number of hydrogen-bond acceptors (Lipinski definition) is 4. The van der Waals surface area contributed by atoms with Gasteiger partial charge in [-0.1, -0.05) is 48.5 Å². The van der Waals surface area contributed by atoms with Crippen LogP contribution < -0.4 is 4.74 Å². The average molecular weight is 300 g/mol. The van der Waals surface area contributed by atoms with Crippen LogP contribution in [0.5, 0.6) is 5.75 Å². The van der Waals surface area contributed by atoms with Gasteiger partial charge < -0.3 is 19.7 Å². The number of ether oxygens (including phenoxy) is 2. The molecule has 0 aromatic heterocycles. The number of benzene rings is 2. The van der Waals surface area contributed by atoms with Crippen LogP contribution in [-0.2, 0) is 16.1 Å². The molecule has 0 bridgehead atoms. The van der Waals surface area contributed by atoms with Gasteiger partial charge in [0, 0.05) is 18.2 Å². The molecule has 3 rings (SSSR count). The molecule has 1 aliphatic heterocycles. The second-order valence-electron chi connectivity index (χ2n) is 5.93. The smallest absolute Gasteiger partial charge is 0.269 e. The molecular weight excluding hydrogens is 280 g/mol. The summed E-state index contributed by atoms with van der Waals surface area (Å²) in [5.74, 6) is -1.02. The van der Waals surface area contributed by atoms with Crippen LogP contribution in [-0.4, -0.2) is 22.9 Å². The lowest BCUT2D eigenvalue weighted by Crippen LogP contribution is -2.67. The van der Waals surface area contributed by atoms with Crippen molar-refractivity contribution >= 4 is 0 Å². The van der Waals surface area contributed by atoms with E-state index in [2.05, 4.69) is 0 Å². The van der Waals surface area contributed by atoms with Crippen molar-refractivity contribution in [2.75, 3.05) is 7.11 Å². The predicted molar refractivity (Wildman–Crippen MR) is 82.4 cm³/mol. The van der Waals surface area contributed by atoms with E-state index in [4.69, 9.17) is 9.47 Å². The van der Waals surface area contributed by atoms with E-state index in [0.717, 1.165) is 0 Å². The standard InChI is InChI=1S/C18H20O4/c1-16(19)14-11-7-8-12-15(14)22-18(21-3,17(16,2)20)13-9-5-4-6-10-13/h4-12,19-20H,1-3H3. The summed E-state index contributed by atoms with van der Waals surface area (Å²) in [4.78, 5) is 0. The highest BCUT2D eigenvalue weighted by atomic mass is 16.7. The van der Waals surface area contributed by atoms with E-state index in [1.54, 1.807) is 25.1 Å². The van der Waals surface area contributed by atoms with Crippen LogP contribution in [0, 0.1) is 0 Å². The van der Waals surface area contributed by atoms with Crippen molar-refractivity contribution < 1.29 is 19.7 Å². The van der Waals surface area contributed by atoms with E-state index in [-0.39, 0.29) is 0 Å². The van der Waals surface area contributed by atoms with Crippen LogP contribution in [0.4, 0.5) is 0 Å². The largest absolute Gasteiger partial charge is 0.454 e. The van der Waals surface area contributed by atoms with Crippen molar-refractivity contribution in [2.24, 2.45) is 0 Å². The van der Waals surface area contributed by atoms with Gasteiger partial charge in [-0.2, -0.15) is 0 Å². The summed E-state index contributed by atoms with van der Waals surface area (Å²) in [6.07, 6.45) is 0. The second kappa shape index (κ2) is 4.81. The van der Waals surface area contributed by atoms with Gasteiger partial charge in [-0.05, 0) is 19.9 Å². The second-order valence-corrected chi connectivity index (χ2v) is 5.93. The Morgan fingerprint density at radius 1 is 0.909 bits per heavy atom. The molecule has 2 aromatic carbocycles.